The maximum Gasteiger partial charge on any atom is 0.344 e. The molecule has 5 rings (SSSR count). The molecule has 5 aromatic rings. The number of amides is 1. The maximum atomic E-state index is 12.8. The van der Waals surface area contributed by atoms with E-state index in [0.29, 0.717) is 37.6 Å². The van der Waals surface area contributed by atoms with Crippen LogP contribution in [0.1, 0.15) is 10.4 Å². The van der Waals surface area contributed by atoms with Crippen LogP contribution >= 0.6 is 11.3 Å². The van der Waals surface area contributed by atoms with Gasteiger partial charge in [0.15, 0.2) is 5.13 Å². The monoisotopic (exact) mass is 443 g/mol. The van der Waals surface area contributed by atoms with Crippen LogP contribution in [0.2, 0.25) is 0 Å². The Morgan fingerprint density at radius 3 is 2.72 bits per heavy atom. The lowest BCUT2D eigenvalue weighted by atomic mass is 10.0. The number of thiazole rings is 1. The molecule has 0 atom stereocenters. The average Bonchev–Trinajstić information content (AvgIpc) is 3.20. The first kappa shape index (κ1) is 19.6. The first-order valence-corrected chi connectivity index (χ1v) is 10.3. The number of rotatable bonds is 4. The van der Waals surface area contributed by atoms with Gasteiger partial charge in [-0.15, -0.1) is 0 Å². The molecule has 0 radical (unpaired) electrons. The number of fused-ring (bicyclic) bond motifs is 2. The lowest BCUT2D eigenvalue weighted by Gasteiger charge is -2.06. The minimum Gasteiger partial charge on any atom is -0.422 e. The molecule has 0 spiro atoms. The van der Waals surface area contributed by atoms with Crippen molar-refractivity contribution in [2.24, 2.45) is 0 Å². The van der Waals surface area contributed by atoms with Gasteiger partial charge < -0.3 is 4.42 Å². The van der Waals surface area contributed by atoms with Gasteiger partial charge in [-0.1, -0.05) is 41.7 Å². The minimum absolute atomic E-state index is 0.0408. The van der Waals surface area contributed by atoms with Crippen LogP contribution in [0.3, 0.4) is 0 Å². The quantitative estimate of drug-likeness (QED) is 0.231. The van der Waals surface area contributed by atoms with E-state index in [1.54, 1.807) is 48.5 Å². The predicted molar refractivity (Wildman–Crippen MR) is 122 cm³/mol. The van der Waals surface area contributed by atoms with Crippen molar-refractivity contribution in [2.75, 3.05) is 5.32 Å². The molecule has 0 bridgehead atoms. The van der Waals surface area contributed by atoms with Gasteiger partial charge in [0.25, 0.3) is 11.6 Å². The molecule has 2 aromatic heterocycles. The Bertz CT molecular complexity index is 1590. The fraction of sp³-hybridized carbons (Fsp3) is 0. The zero-order chi connectivity index (χ0) is 22.2. The van der Waals surface area contributed by atoms with Gasteiger partial charge in [-0.25, -0.2) is 9.78 Å². The molecule has 1 N–H and O–H groups in total. The highest BCUT2D eigenvalue weighted by molar-refractivity contribution is 7.22. The van der Waals surface area contributed by atoms with Gasteiger partial charge in [0.05, 0.1) is 20.7 Å². The molecule has 0 fully saturated rings. The summed E-state index contributed by atoms with van der Waals surface area (Å²) < 4.78 is 5.99. The van der Waals surface area contributed by atoms with Gasteiger partial charge in [0, 0.05) is 23.1 Å². The third-order valence-electron chi connectivity index (χ3n) is 4.88. The molecule has 0 saturated carbocycles. The molecule has 0 saturated heterocycles. The Labute approximate surface area is 183 Å². The molecular weight excluding hydrogens is 430 g/mol. The molecule has 9 heteroatoms. The van der Waals surface area contributed by atoms with Crippen molar-refractivity contribution in [3.8, 4) is 11.1 Å². The molecule has 0 aliphatic heterocycles. The topological polar surface area (TPSA) is 115 Å². The van der Waals surface area contributed by atoms with Crippen LogP contribution in [-0.4, -0.2) is 15.8 Å². The van der Waals surface area contributed by atoms with Gasteiger partial charge in [-0.3, -0.25) is 20.2 Å². The summed E-state index contributed by atoms with van der Waals surface area (Å²) in [5.41, 5.74) is 1.75. The van der Waals surface area contributed by atoms with E-state index in [1.807, 2.05) is 12.1 Å². The fourth-order valence-electron chi connectivity index (χ4n) is 3.34. The summed E-state index contributed by atoms with van der Waals surface area (Å²) in [6.07, 6.45) is 0. The lowest BCUT2D eigenvalue weighted by Crippen LogP contribution is -2.12. The number of nitrogens with one attached hydrogen (secondary N) is 1. The maximum absolute atomic E-state index is 12.8. The molecule has 0 unspecified atom stereocenters. The van der Waals surface area contributed by atoms with Crippen LogP contribution in [0.15, 0.2) is 82.0 Å². The number of anilines is 1. The summed E-state index contributed by atoms with van der Waals surface area (Å²) in [5, 5.41) is 14.8. The number of carbonyl (C=O) groups is 1. The summed E-state index contributed by atoms with van der Waals surface area (Å²) in [6, 6.07) is 19.9. The van der Waals surface area contributed by atoms with Crippen molar-refractivity contribution in [3.63, 3.8) is 0 Å². The van der Waals surface area contributed by atoms with Crippen molar-refractivity contribution in [1.29, 1.82) is 0 Å². The Morgan fingerprint density at radius 1 is 1.03 bits per heavy atom. The van der Waals surface area contributed by atoms with E-state index in [2.05, 4.69) is 10.3 Å². The first-order chi connectivity index (χ1) is 15.5. The predicted octanol–water partition coefficient (Wildman–Crippen LogP) is 5.23. The number of carbonyl (C=O) groups excluding carboxylic acids is 1. The van der Waals surface area contributed by atoms with Gasteiger partial charge >= 0.3 is 5.63 Å². The second-order valence-electron chi connectivity index (χ2n) is 6.95. The molecule has 32 heavy (non-hydrogen) atoms. The van der Waals surface area contributed by atoms with E-state index < -0.39 is 16.5 Å². The average molecular weight is 443 g/mol. The zero-order valence-electron chi connectivity index (χ0n) is 16.3. The van der Waals surface area contributed by atoms with Crippen LogP contribution in [0.4, 0.5) is 10.8 Å². The van der Waals surface area contributed by atoms with Crippen molar-refractivity contribution in [2.45, 2.75) is 0 Å². The largest absolute Gasteiger partial charge is 0.422 e. The number of nitrogens with zero attached hydrogens (tertiary/aromatic N) is 2. The molecular formula is C23H13N3O5S. The minimum atomic E-state index is -0.492. The van der Waals surface area contributed by atoms with Gasteiger partial charge in [-0.2, -0.15) is 0 Å². The number of non-ortho nitro benzene ring substituents is 1. The first-order valence-electron chi connectivity index (χ1n) is 9.47. The summed E-state index contributed by atoms with van der Waals surface area (Å²) >= 11 is 1.14. The van der Waals surface area contributed by atoms with E-state index in [1.165, 1.54) is 12.1 Å². The number of aromatic nitrogens is 1. The summed E-state index contributed by atoms with van der Waals surface area (Å²) in [5.74, 6) is -0.411. The Morgan fingerprint density at radius 2 is 1.88 bits per heavy atom. The molecule has 0 aliphatic rings. The van der Waals surface area contributed by atoms with Crippen molar-refractivity contribution >= 4 is 49.2 Å². The van der Waals surface area contributed by atoms with Crippen LogP contribution < -0.4 is 10.9 Å². The highest BCUT2D eigenvalue weighted by atomic mass is 32.1. The van der Waals surface area contributed by atoms with Gasteiger partial charge in [0.1, 0.15) is 5.58 Å². The number of hydrogen-bond acceptors (Lipinski definition) is 7. The van der Waals surface area contributed by atoms with Crippen LogP contribution in [-0.2, 0) is 0 Å². The number of nitro groups is 1. The van der Waals surface area contributed by atoms with Crippen LogP contribution in [0.25, 0.3) is 32.3 Å². The van der Waals surface area contributed by atoms with Gasteiger partial charge in [0.2, 0.25) is 0 Å². The third-order valence-corrected chi connectivity index (χ3v) is 5.81. The van der Waals surface area contributed by atoms with Crippen molar-refractivity contribution in [3.05, 3.63) is 98.9 Å². The van der Waals surface area contributed by atoms with Crippen LogP contribution in [0, 0.1) is 10.1 Å². The van der Waals surface area contributed by atoms with Crippen LogP contribution in [0.5, 0.6) is 0 Å². The standard InChI is InChI=1S/C23H13N3O5S/c27-21(25-23-24-18-9-8-16(26(29)30)12-20(18)32-23)15-6-3-5-13(10-15)17-11-14-4-1-2-7-19(14)31-22(17)28/h1-12H,(H,24,25,27). The fourth-order valence-corrected chi connectivity index (χ4v) is 4.23. The Hall–Kier alpha value is -4.37. The Balaban J connectivity index is 1.45. The molecule has 8 nitrogen and oxygen atoms in total. The second-order valence-corrected chi connectivity index (χ2v) is 7.98. The molecule has 3 aromatic carbocycles. The zero-order valence-corrected chi connectivity index (χ0v) is 17.1. The number of hydrogen-bond donors (Lipinski definition) is 1. The van der Waals surface area contributed by atoms with E-state index in [9.17, 15) is 19.7 Å². The summed E-state index contributed by atoms with van der Waals surface area (Å²) in [4.78, 5) is 40.0. The molecule has 156 valence electrons. The highest BCUT2D eigenvalue weighted by Gasteiger charge is 2.15. The smallest absolute Gasteiger partial charge is 0.344 e. The van der Waals surface area contributed by atoms with E-state index in [-0.39, 0.29) is 5.69 Å². The SMILES string of the molecule is O=C(Nc1nc2ccc([N+](=O)[O-])cc2s1)c1cccc(-c2cc3ccccc3oc2=O)c1. The number of nitro benzene ring substituents is 1. The number of para-hydroxylation sites is 1. The Kier molecular flexibility index (Phi) is 4.72. The van der Waals surface area contributed by atoms with Crippen molar-refractivity contribution in [1.82, 2.24) is 4.98 Å². The van der Waals surface area contributed by atoms with Crippen molar-refractivity contribution < 1.29 is 14.1 Å². The summed E-state index contributed by atoms with van der Waals surface area (Å²) in [7, 11) is 0. The molecule has 0 aliphatic carbocycles. The van der Waals surface area contributed by atoms with E-state index >= 15 is 0 Å². The molecule has 1 amide bonds. The van der Waals surface area contributed by atoms with E-state index in [0.717, 1.165) is 16.7 Å². The second kappa shape index (κ2) is 7.71. The third kappa shape index (κ3) is 3.61. The normalized spacial score (nSPS) is 11.0. The lowest BCUT2D eigenvalue weighted by molar-refractivity contribution is -0.384. The van der Waals surface area contributed by atoms with E-state index in [4.69, 9.17) is 4.42 Å². The van der Waals surface area contributed by atoms with Gasteiger partial charge in [-0.05, 0) is 35.9 Å². The summed E-state index contributed by atoms with van der Waals surface area (Å²) in [6.45, 7) is 0. The molecule has 2 heterocycles. The number of benzene rings is 3. The highest BCUT2D eigenvalue weighted by Crippen LogP contribution is 2.29.